The van der Waals surface area contributed by atoms with Crippen LogP contribution in [0.4, 0.5) is 11.5 Å². The summed E-state index contributed by atoms with van der Waals surface area (Å²) in [6.45, 7) is 1.76. The van der Waals surface area contributed by atoms with Crippen LogP contribution in [0, 0.1) is 0 Å². The van der Waals surface area contributed by atoms with E-state index in [1.165, 1.54) is 6.33 Å². The summed E-state index contributed by atoms with van der Waals surface area (Å²) in [6, 6.07) is 15.0. The number of fused-ring (bicyclic) bond motifs is 1. The van der Waals surface area contributed by atoms with E-state index in [0.717, 1.165) is 22.4 Å². The van der Waals surface area contributed by atoms with Gasteiger partial charge in [0, 0.05) is 17.5 Å². The summed E-state index contributed by atoms with van der Waals surface area (Å²) in [5, 5.41) is 4.20. The number of nitrogens with one attached hydrogen (secondary N) is 1. The predicted octanol–water partition coefficient (Wildman–Crippen LogP) is 3.69. The zero-order chi connectivity index (χ0) is 15.4. The maximum Gasteiger partial charge on any atom is 0.310 e. The molecular weight excluding hydrogens is 278 g/mol. The molecule has 0 fully saturated rings. The van der Waals surface area contributed by atoms with Crippen molar-refractivity contribution in [3.05, 3.63) is 54.9 Å². The van der Waals surface area contributed by atoms with E-state index in [4.69, 9.17) is 4.74 Å². The molecule has 0 radical (unpaired) electrons. The van der Waals surface area contributed by atoms with Crippen LogP contribution in [0.1, 0.15) is 13.3 Å². The van der Waals surface area contributed by atoms with Gasteiger partial charge in [0.25, 0.3) is 0 Å². The lowest BCUT2D eigenvalue weighted by Crippen LogP contribution is -2.05. The highest BCUT2D eigenvalue weighted by atomic mass is 16.5. The quantitative estimate of drug-likeness (QED) is 0.587. The Bertz CT molecular complexity index is 795. The van der Waals surface area contributed by atoms with Gasteiger partial charge in [0.2, 0.25) is 0 Å². The van der Waals surface area contributed by atoms with Gasteiger partial charge < -0.3 is 10.1 Å². The van der Waals surface area contributed by atoms with E-state index in [2.05, 4.69) is 15.3 Å². The molecule has 0 saturated heterocycles. The smallest absolute Gasteiger partial charge is 0.310 e. The summed E-state index contributed by atoms with van der Waals surface area (Å²) in [5.41, 5.74) is 1.74. The fourth-order valence-corrected chi connectivity index (χ4v) is 2.05. The minimum atomic E-state index is -0.248. The van der Waals surface area contributed by atoms with Crippen molar-refractivity contribution in [2.24, 2.45) is 0 Å². The van der Waals surface area contributed by atoms with Crippen LogP contribution in [-0.4, -0.2) is 15.9 Å². The Morgan fingerprint density at radius 1 is 1.09 bits per heavy atom. The Balaban J connectivity index is 1.82. The van der Waals surface area contributed by atoms with Crippen LogP contribution in [0.5, 0.6) is 5.75 Å². The lowest BCUT2D eigenvalue weighted by molar-refractivity contribution is -0.134. The Morgan fingerprint density at radius 2 is 1.86 bits per heavy atom. The maximum absolute atomic E-state index is 11.2. The fraction of sp³-hybridized carbons (Fsp3) is 0.118. The topological polar surface area (TPSA) is 64.1 Å². The number of para-hydroxylation sites is 1. The minimum Gasteiger partial charge on any atom is -0.427 e. The molecule has 3 aromatic rings. The molecule has 5 nitrogen and oxygen atoms in total. The van der Waals surface area contributed by atoms with Crippen molar-refractivity contribution in [2.45, 2.75) is 13.3 Å². The number of nitrogens with zero attached hydrogens (tertiary/aromatic N) is 2. The Morgan fingerprint density at radius 3 is 2.64 bits per heavy atom. The zero-order valence-electron chi connectivity index (χ0n) is 12.1. The van der Waals surface area contributed by atoms with Crippen LogP contribution in [0.3, 0.4) is 0 Å². The van der Waals surface area contributed by atoms with Crippen molar-refractivity contribution in [3.8, 4) is 5.75 Å². The van der Waals surface area contributed by atoms with E-state index < -0.39 is 0 Å². The van der Waals surface area contributed by atoms with Gasteiger partial charge in [0.1, 0.15) is 17.9 Å². The van der Waals surface area contributed by atoms with Crippen LogP contribution in [0.25, 0.3) is 10.9 Å². The van der Waals surface area contributed by atoms with Gasteiger partial charge in [-0.15, -0.1) is 0 Å². The highest BCUT2D eigenvalue weighted by molar-refractivity contribution is 5.90. The van der Waals surface area contributed by atoms with Gasteiger partial charge in [-0.3, -0.25) is 4.79 Å². The lowest BCUT2D eigenvalue weighted by atomic mass is 10.2. The molecule has 1 aromatic heterocycles. The summed E-state index contributed by atoms with van der Waals surface area (Å²) >= 11 is 0. The Labute approximate surface area is 128 Å². The molecule has 0 aliphatic rings. The van der Waals surface area contributed by atoms with E-state index in [1.807, 2.05) is 36.4 Å². The highest BCUT2D eigenvalue weighted by Crippen LogP contribution is 2.24. The molecule has 3 rings (SSSR count). The number of carbonyl (C=O) groups is 1. The van der Waals surface area contributed by atoms with E-state index in [0.29, 0.717) is 12.2 Å². The average molecular weight is 293 g/mol. The number of aromatic nitrogens is 2. The van der Waals surface area contributed by atoms with Crippen molar-refractivity contribution < 1.29 is 9.53 Å². The van der Waals surface area contributed by atoms with Crippen molar-refractivity contribution in [1.82, 2.24) is 9.97 Å². The van der Waals surface area contributed by atoms with Crippen LogP contribution in [0.15, 0.2) is 54.9 Å². The summed E-state index contributed by atoms with van der Waals surface area (Å²) < 4.78 is 5.15. The van der Waals surface area contributed by atoms with Gasteiger partial charge in [-0.25, -0.2) is 9.97 Å². The monoisotopic (exact) mass is 293 g/mol. The molecule has 0 saturated carbocycles. The second-order valence-corrected chi connectivity index (χ2v) is 4.72. The molecule has 0 spiro atoms. The molecule has 2 aromatic carbocycles. The SMILES string of the molecule is CCC(=O)Oc1ccc(Nc2ncnc3ccccc23)cc1. The molecule has 0 bridgehead atoms. The first-order chi connectivity index (χ1) is 10.8. The van der Waals surface area contributed by atoms with Gasteiger partial charge >= 0.3 is 5.97 Å². The van der Waals surface area contributed by atoms with Crippen molar-refractivity contribution in [2.75, 3.05) is 5.32 Å². The fourth-order valence-electron chi connectivity index (χ4n) is 2.05. The molecule has 0 aliphatic heterocycles. The normalized spacial score (nSPS) is 10.4. The molecule has 22 heavy (non-hydrogen) atoms. The molecule has 0 unspecified atom stereocenters. The number of anilines is 2. The van der Waals surface area contributed by atoms with Crippen LogP contribution in [0.2, 0.25) is 0 Å². The molecule has 0 atom stereocenters. The number of benzene rings is 2. The second-order valence-electron chi connectivity index (χ2n) is 4.72. The molecule has 1 N–H and O–H groups in total. The number of esters is 1. The molecule has 0 aliphatic carbocycles. The standard InChI is InChI=1S/C17H15N3O2/c1-2-16(21)22-13-9-7-12(8-10-13)20-17-14-5-3-4-6-15(14)18-11-19-17/h3-11H,2H2,1H3,(H,18,19,20). The van der Waals surface area contributed by atoms with E-state index >= 15 is 0 Å². The lowest BCUT2D eigenvalue weighted by Gasteiger charge is -2.09. The summed E-state index contributed by atoms with van der Waals surface area (Å²) in [4.78, 5) is 19.8. The van der Waals surface area contributed by atoms with Crippen molar-refractivity contribution >= 4 is 28.4 Å². The van der Waals surface area contributed by atoms with Gasteiger partial charge in [-0.2, -0.15) is 0 Å². The van der Waals surface area contributed by atoms with Gasteiger partial charge in [-0.1, -0.05) is 19.1 Å². The van der Waals surface area contributed by atoms with Gasteiger partial charge in [0.15, 0.2) is 0 Å². The number of ether oxygens (including phenoxy) is 1. The summed E-state index contributed by atoms with van der Waals surface area (Å²) in [6.07, 6.45) is 1.88. The molecule has 1 heterocycles. The summed E-state index contributed by atoms with van der Waals surface area (Å²) in [7, 11) is 0. The summed E-state index contributed by atoms with van der Waals surface area (Å²) in [5.74, 6) is 1.02. The van der Waals surface area contributed by atoms with Gasteiger partial charge in [0.05, 0.1) is 5.52 Å². The van der Waals surface area contributed by atoms with Gasteiger partial charge in [-0.05, 0) is 36.4 Å². The van der Waals surface area contributed by atoms with Crippen LogP contribution >= 0.6 is 0 Å². The first-order valence-corrected chi connectivity index (χ1v) is 7.04. The molecular formula is C17H15N3O2. The van der Waals surface area contributed by atoms with Crippen molar-refractivity contribution in [3.63, 3.8) is 0 Å². The first-order valence-electron chi connectivity index (χ1n) is 7.04. The zero-order valence-corrected chi connectivity index (χ0v) is 12.1. The molecule has 5 heteroatoms. The van der Waals surface area contributed by atoms with E-state index in [9.17, 15) is 4.79 Å². The minimum absolute atomic E-state index is 0.248. The predicted molar refractivity (Wildman–Crippen MR) is 85.2 cm³/mol. The molecule has 0 amide bonds. The highest BCUT2D eigenvalue weighted by Gasteiger charge is 2.05. The Hall–Kier alpha value is -2.95. The number of hydrogen-bond acceptors (Lipinski definition) is 5. The van der Waals surface area contributed by atoms with E-state index in [-0.39, 0.29) is 5.97 Å². The third kappa shape index (κ3) is 3.03. The third-order valence-corrected chi connectivity index (χ3v) is 3.18. The number of carbonyl (C=O) groups excluding carboxylic acids is 1. The van der Waals surface area contributed by atoms with Crippen molar-refractivity contribution in [1.29, 1.82) is 0 Å². The number of rotatable bonds is 4. The average Bonchev–Trinajstić information content (AvgIpc) is 2.57. The third-order valence-electron chi connectivity index (χ3n) is 3.18. The molecule has 110 valence electrons. The van der Waals surface area contributed by atoms with Crippen LogP contribution in [-0.2, 0) is 4.79 Å². The van der Waals surface area contributed by atoms with Crippen LogP contribution < -0.4 is 10.1 Å². The maximum atomic E-state index is 11.2. The van der Waals surface area contributed by atoms with E-state index in [1.54, 1.807) is 19.1 Å². The Kier molecular flexibility index (Phi) is 3.96. The largest absolute Gasteiger partial charge is 0.427 e. The second kappa shape index (κ2) is 6.22. The first kappa shape index (κ1) is 14.0. The number of hydrogen-bond donors (Lipinski definition) is 1.